The van der Waals surface area contributed by atoms with E-state index in [1.165, 1.54) is 12.1 Å². The Bertz CT molecular complexity index is 460. The standard InChI is InChI=1S/C16H22O5/c17-13-3-1-12(2-4-13)11-15(19)21-10-9-16(20)7-5-14(18)6-8-16/h1-4,14,17-18,20H,5-11H2. The van der Waals surface area contributed by atoms with E-state index in [2.05, 4.69) is 0 Å². The van der Waals surface area contributed by atoms with Crippen LogP contribution in [0.3, 0.4) is 0 Å². The normalized spacial score (nSPS) is 25.5. The first kappa shape index (κ1) is 15.8. The molecule has 1 fully saturated rings. The minimum Gasteiger partial charge on any atom is -0.508 e. The highest BCUT2D eigenvalue weighted by Crippen LogP contribution is 2.31. The number of carbonyl (C=O) groups excluding carboxylic acids is 1. The van der Waals surface area contributed by atoms with Gasteiger partial charge in [-0.15, -0.1) is 0 Å². The van der Waals surface area contributed by atoms with Crippen molar-refractivity contribution in [3.05, 3.63) is 29.8 Å². The van der Waals surface area contributed by atoms with E-state index in [1.807, 2.05) is 0 Å². The first-order valence-electron chi connectivity index (χ1n) is 7.31. The molecule has 0 saturated heterocycles. The molecule has 116 valence electrons. The molecule has 0 bridgehead atoms. The first-order valence-corrected chi connectivity index (χ1v) is 7.31. The van der Waals surface area contributed by atoms with E-state index in [4.69, 9.17) is 9.84 Å². The number of aliphatic hydroxyl groups is 2. The largest absolute Gasteiger partial charge is 0.508 e. The highest BCUT2D eigenvalue weighted by molar-refractivity contribution is 5.72. The predicted molar refractivity (Wildman–Crippen MR) is 76.8 cm³/mol. The van der Waals surface area contributed by atoms with Crippen LogP contribution in [-0.2, 0) is 16.0 Å². The summed E-state index contributed by atoms with van der Waals surface area (Å²) in [6, 6.07) is 6.40. The molecule has 1 aromatic rings. The molecule has 1 aliphatic rings. The summed E-state index contributed by atoms with van der Waals surface area (Å²) in [7, 11) is 0. The number of hydrogen-bond donors (Lipinski definition) is 3. The lowest BCUT2D eigenvalue weighted by molar-refractivity contribution is -0.145. The second-order valence-electron chi connectivity index (χ2n) is 5.77. The highest BCUT2D eigenvalue weighted by Gasteiger charge is 2.32. The van der Waals surface area contributed by atoms with E-state index in [9.17, 15) is 15.0 Å². The highest BCUT2D eigenvalue weighted by atomic mass is 16.5. The third-order valence-electron chi connectivity index (χ3n) is 4.00. The van der Waals surface area contributed by atoms with Crippen LogP contribution in [0.2, 0.25) is 0 Å². The zero-order valence-corrected chi connectivity index (χ0v) is 12.0. The molecule has 5 heteroatoms. The number of benzene rings is 1. The Labute approximate surface area is 124 Å². The van der Waals surface area contributed by atoms with Gasteiger partial charge in [-0.25, -0.2) is 0 Å². The maximum atomic E-state index is 11.7. The van der Waals surface area contributed by atoms with Crippen LogP contribution in [0.5, 0.6) is 5.75 Å². The number of rotatable bonds is 5. The van der Waals surface area contributed by atoms with Crippen molar-refractivity contribution in [2.75, 3.05) is 6.61 Å². The van der Waals surface area contributed by atoms with Crippen molar-refractivity contribution >= 4 is 5.97 Å². The fourth-order valence-corrected chi connectivity index (χ4v) is 2.58. The van der Waals surface area contributed by atoms with Gasteiger partial charge in [-0.3, -0.25) is 4.79 Å². The van der Waals surface area contributed by atoms with E-state index in [-0.39, 0.29) is 30.9 Å². The number of phenolic OH excluding ortho intramolecular Hbond substituents is 1. The lowest BCUT2D eigenvalue weighted by Crippen LogP contribution is -2.37. The summed E-state index contributed by atoms with van der Waals surface area (Å²) in [5.41, 5.74) is -0.0461. The molecule has 5 nitrogen and oxygen atoms in total. The molecule has 1 aromatic carbocycles. The van der Waals surface area contributed by atoms with Gasteiger partial charge in [-0.05, 0) is 43.4 Å². The quantitative estimate of drug-likeness (QED) is 0.717. The summed E-state index contributed by atoms with van der Waals surface area (Å²) >= 11 is 0. The molecule has 0 spiro atoms. The third kappa shape index (κ3) is 5.02. The number of esters is 1. The van der Waals surface area contributed by atoms with Crippen molar-refractivity contribution in [1.29, 1.82) is 0 Å². The van der Waals surface area contributed by atoms with Crippen LogP contribution >= 0.6 is 0 Å². The summed E-state index contributed by atoms with van der Waals surface area (Å²) < 4.78 is 5.15. The monoisotopic (exact) mass is 294 g/mol. The van der Waals surface area contributed by atoms with Gasteiger partial charge in [0.25, 0.3) is 0 Å². The number of carbonyl (C=O) groups is 1. The maximum absolute atomic E-state index is 11.7. The summed E-state index contributed by atoms with van der Waals surface area (Å²) in [6.45, 7) is 0.184. The lowest BCUT2D eigenvalue weighted by Gasteiger charge is -2.34. The number of aromatic hydroxyl groups is 1. The van der Waals surface area contributed by atoms with Gasteiger partial charge in [0.15, 0.2) is 0 Å². The van der Waals surface area contributed by atoms with Crippen LogP contribution in [0.4, 0.5) is 0 Å². The number of ether oxygens (including phenoxy) is 1. The van der Waals surface area contributed by atoms with E-state index in [0.717, 1.165) is 5.56 Å². The Morgan fingerprint density at radius 2 is 1.86 bits per heavy atom. The molecule has 1 aliphatic carbocycles. The van der Waals surface area contributed by atoms with Crippen molar-refractivity contribution in [2.45, 2.75) is 50.2 Å². The molecule has 3 N–H and O–H groups in total. The molecule has 0 aliphatic heterocycles. The Balaban J connectivity index is 1.70. The van der Waals surface area contributed by atoms with Crippen molar-refractivity contribution in [3.63, 3.8) is 0 Å². The van der Waals surface area contributed by atoms with E-state index >= 15 is 0 Å². The topological polar surface area (TPSA) is 87.0 Å². The molecular formula is C16H22O5. The summed E-state index contributed by atoms with van der Waals surface area (Å²) in [5.74, 6) is -0.186. The van der Waals surface area contributed by atoms with Crippen LogP contribution in [0.25, 0.3) is 0 Å². The Morgan fingerprint density at radius 1 is 1.24 bits per heavy atom. The van der Waals surface area contributed by atoms with Crippen LogP contribution in [0.1, 0.15) is 37.7 Å². The Kier molecular flexibility index (Phi) is 5.20. The SMILES string of the molecule is O=C(Cc1ccc(O)cc1)OCCC1(O)CCC(O)CC1. The minimum absolute atomic E-state index is 0.150. The zero-order valence-electron chi connectivity index (χ0n) is 12.0. The van der Waals surface area contributed by atoms with Crippen LogP contribution in [0.15, 0.2) is 24.3 Å². The zero-order chi connectivity index (χ0) is 15.3. The van der Waals surface area contributed by atoms with Crippen molar-refractivity contribution in [1.82, 2.24) is 0 Å². The van der Waals surface area contributed by atoms with Crippen LogP contribution in [0, 0.1) is 0 Å². The third-order valence-corrected chi connectivity index (χ3v) is 4.00. The van der Waals surface area contributed by atoms with Crippen molar-refractivity contribution in [3.8, 4) is 5.75 Å². The van der Waals surface area contributed by atoms with Gasteiger partial charge >= 0.3 is 5.97 Å². The van der Waals surface area contributed by atoms with Crippen molar-refractivity contribution < 1.29 is 24.9 Å². The second kappa shape index (κ2) is 6.91. The van der Waals surface area contributed by atoms with E-state index in [0.29, 0.717) is 32.1 Å². The predicted octanol–water partition coefficient (Wildman–Crippen LogP) is 1.53. The van der Waals surface area contributed by atoms with Gasteiger partial charge in [0.1, 0.15) is 5.75 Å². The van der Waals surface area contributed by atoms with Gasteiger partial charge < -0.3 is 20.1 Å². The van der Waals surface area contributed by atoms with Gasteiger partial charge in [0, 0.05) is 6.42 Å². The first-order chi connectivity index (χ1) is 9.97. The number of phenols is 1. The number of hydrogen-bond acceptors (Lipinski definition) is 5. The Morgan fingerprint density at radius 3 is 2.48 bits per heavy atom. The molecule has 0 heterocycles. The summed E-state index contributed by atoms with van der Waals surface area (Å²) in [4.78, 5) is 11.7. The molecule has 0 unspecified atom stereocenters. The smallest absolute Gasteiger partial charge is 0.310 e. The van der Waals surface area contributed by atoms with Crippen molar-refractivity contribution in [2.24, 2.45) is 0 Å². The van der Waals surface area contributed by atoms with Crippen LogP contribution < -0.4 is 0 Å². The number of aliphatic hydroxyl groups excluding tert-OH is 1. The molecule has 2 rings (SSSR count). The minimum atomic E-state index is -0.821. The maximum Gasteiger partial charge on any atom is 0.310 e. The molecule has 0 aromatic heterocycles. The molecule has 0 atom stereocenters. The average Bonchev–Trinajstić information content (AvgIpc) is 2.45. The lowest BCUT2D eigenvalue weighted by atomic mass is 9.81. The summed E-state index contributed by atoms with van der Waals surface area (Å²) in [6.07, 6.45) is 2.52. The Hall–Kier alpha value is -1.59. The van der Waals surface area contributed by atoms with Crippen LogP contribution in [-0.4, -0.2) is 39.6 Å². The van der Waals surface area contributed by atoms with Gasteiger partial charge in [0.2, 0.25) is 0 Å². The summed E-state index contributed by atoms with van der Waals surface area (Å²) in [5, 5.41) is 28.9. The van der Waals surface area contributed by atoms with Gasteiger partial charge in [-0.2, -0.15) is 0 Å². The second-order valence-corrected chi connectivity index (χ2v) is 5.77. The van der Waals surface area contributed by atoms with Gasteiger partial charge in [-0.1, -0.05) is 12.1 Å². The molecule has 0 amide bonds. The van der Waals surface area contributed by atoms with E-state index < -0.39 is 5.60 Å². The molecule has 0 radical (unpaired) electrons. The fraction of sp³-hybridized carbons (Fsp3) is 0.562. The van der Waals surface area contributed by atoms with Gasteiger partial charge in [0.05, 0.1) is 24.7 Å². The fourth-order valence-electron chi connectivity index (χ4n) is 2.58. The van der Waals surface area contributed by atoms with E-state index in [1.54, 1.807) is 12.1 Å². The molecule has 21 heavy (non-hydrogen) atoms. The average molecular weight is 294 g/mol. The molecular weight excluding hydrogens is 272 g/mol. The molecule has 1 saturated carbocycles.